The average molecular weight is 352 g/mol. The predicted octanol–water partition coefficient (Wildman–Crippen LogP) is 5.01. The summed E-state index contributed by atoms with van der Waals surface area (Å²) in [7, 11) is 2.06. The smallest absolute Gasteiger partial charge is 0.0800 e. The van der Waals surface area contributed by atoms with Crippen LogP contribution in [0.5, 0.6) is 0 Å². The van der Waals surface area contributed by atoms with Gasteiger partial charge in [-0.25, -0.2) is 0 Å². The summed E-state index contributed by atoms with van der Waals surface area (Å²) in [5.74, 6) is 0. The van der Waals surface area contributed by atoms with E-state index in [-0.39, 0.29) is 6.04 Å². The van der Waals surface area contributed by atoms with Crippen LogP contribution in [0, 0.1) is 0 Å². The molecule has 4 nitrogen and oxygen atoms in total. The molecule has 132 valence electrons. The molecule has 1 N–H and O–H groups in total. The molecule has 0 spiro atoms. The van der Waals surface area contributed by atoms with Crippen molar-refractivity contribution in [1.29, 1.82) is 0 Å². The van der Waals surface area contributed by atoms with E-state index < -0.39 is 0 Å². The summed E-state index contributed by atoms with van der Waals surface area (Å²) in [5.41, 5.74) is 7.10. The molecule has 0 saturated heterocycles. The van der Waals surface area contributed by atoms with E-state index in [4.69, 9.17) is 5.10 Å². The minimum absolute atomic E-state index is 0.194. The molecule has 0 radical (unpaired) electrons. The van der Waals surface area contributed by atoms with Crippen molar-refractivity contribution in [3.63, 3.8) is 0 Å². The molecule has 0 aliphatic carbocycles. The topological polar surface area (TPSA) is 44.3 Å². The van der Waals surface area contributed by atoms with Crippen LogP contribution in [0.15, 0.2) is 84.2 Å². The molecule has 4 aromatic rings. The van der Waals surface area contributed by atoms with E-state index in [0.717, 1.165) is 23.2 Å². The lowest BCUT2D eigenvalue weighted by atomic mass is 9.94. The van der Waals surface area contributed by atoms with Crippen molar-refractivity contribution < 1.29 is 0 Å². The molecule has 27 heavy (non-hydrogen) atoms. The summed E-state index contributed by atoms with van der Waals surface area (Å²) >= 11 is 0. The molecule has 0 saturated carbocycles. The SMILES string of the molecule is CN1N=C(c2ccncc2)CC1c1c(-c2ccccc2)[nH]c2ccccc12. The second-order valence-electron chi connectivity index (χ2n) is 6.90. The molecule has 1 aliphatic rings. The van der Waals surface area contributed by atoms with Gasteiger partial charge in [0.2, 0.25) is 0 Å². The van der Waals surface area contributed by atoms with Gasteiger partial charge in [-0.2, -0.15) is 5.10 Å². The summed E-state index contributed by atoms with van der Waals surface area (Å²) < 4.78 is 0. The highest BCUT2D eigenvalue weighted by Gasteiger charge is 2.30. The number of pyridine rings is 1. The van der Waals surface area contributed by atoms with Crippen LogP contribution >= 0.6 is 0 Å². The van der Waals surface area contributed by atoms with Crippen molar-refractivity contribution in [1.82, 2.24) is 15.0 Å². The van der Waals surface area contributed by atoms with Gasteiger partial charge >= 0.3 is 0 Å². The maximum atomic E-state index is 4.85. The van der Waals surface area contributed by atoms with E-state index in [9.17, 15) is 0 Å². The number of hydrazone groups is 1. The molecule has 0 fully saturated rings. The number of aromatic nitrogens is 2. The fraction of sp³-hybridized carbons (Fsp3) is 0.130. The highest BCUT2D eigenvalue weighted by atomic mass is 15.5. The maximum Gasteiger partial charge on any atom is 0.0800 e. The Balaban J connectivity index is 1.63. The third-order valence-corrected chi connectivity index (χ3v) is 5.27. The lowest BCUT2D eigenvalue weighted by molar-refractivity contribution is 0.292. The fourth-order valence-corrected chi connectivity index (χ4v) is 3.97. The van der Waals surface area contributed by atoms with Crippen molar-refractivity contribution >= 4 is 16.6 Å². The molecular formula is C23H20N4. The molecule has 1 atom stereocenters. The molecule has 0 amide bonds. The monoisotopic (exact) mass is 352 g/mol. The van der Waals surface area contributed by atoms with Gasteiger partial charge in [0.15, 0.2) is 0 Å². The second kappa shape index (κ2) is 6.40. The highest BCUT2D eigenvalue weighted by Crippen LogP contribution is 2.41. The van der Waals surface area contributed by atoms with Gasteiger partial charge in [0.1, 0.15) is 0 Å². The number of fused-ring (bicyclic) bond motifs is 1. The number of rotatable bonds is 3. The lowest BCUT2D eigenvalue weighted by Gasteiger charge is -2.20. The minimum Gasteiger partial charge on any atom is -0.354 e. The van der Waals surface area contributed by atoms with Gasteiger partial charge in [0, 0.05) is 47.9 Å². The van der Waals surface area contributed by atoms with Crippen LogP contribution in [-0.4, -0.2) is 27.7 Å². The van der Waals surface area contributed by atoms with Gasteiger partial charge in [0.05, 0.1) is 17.4 Å². The zero-order chi connectivity index (χ0) is 18.2. The zero-order valence-electron chi connectivity index (χ0n) is 15.1. The van der Waals surface area contributed by atoms with Crippen LogP contribution in [-0.2, 0) is 0 Å². The fourth-order valence-electron chi connectivity index (χ4n) is 3.97. The van der Waals surface area contributed by atoms with E-state index in [2.05, 4.69) is 76.6 Å². The Hall–Kier alpha value is -3.40. The van der Waals surface area contributed by atoms with Crippen molar-refractivity contribution in [3.8, 4) is 11.3 Å². The Morgan fingerprint density at radius 2 is 1.63 bits per heavy atom. The van der Waals surface area contributed by atoms with Gasteiger partial charge in [-0.3, -0.25) is 9.99 Å². The third kappa shape index (κ3) is 2.70. The van der Waals surface area contributed by atoms with Crippen molar-refractivity contribution in [2.75, 3.05) is 7.05 Å². The van der Waals surface area contributed by atoms with Crippen LogP contribution in [0.4, 0.5) is 0 Å². The van der Waals surface area contributed by atoms with Crippen molar-refractivity contribution in [3.05, 3.63) is 90.3 Å². The molecule has 5 rings (SSSR count). The van der Waals surface area contributed by atoms with Crippen molar-refractivity contribution in [2.24, 2.45) is 5.10 Å². The Bertz CT molecular complexity index is 1110. The standard InChI is InChI=1S/C23H20N4/c1-27-21(15-20(26-27)16-11-13-24-14-12-16)22-18-9-5-6-10-19(18)25-23(22)17-7-3-2-4-8-17/h2-14,21,25H,15H2,1H3. The number of hydrogen-bond donors (Lipinski definition) is 1. The molecule has 0 bridgehead atoms. The number of para-hydroxylation sites is 1. The molecule has 3 heterocycles. The van der Waals surface area contributed by atoms with E-state index >= 15 is 0 Å². The Labute approximate surface area is 158 Å². The molecule has 4 heteroatoms. The number of H-pyrrole nitrogens is 1. The van der Waals surface area contributed by atoms with Gasteiger partial charge in [-0.05, 0) is 23.8 Å². The lowest BCUT2D eigenvalue weighted by Crippen LogP contribution is -2.14. The molecule has 1 unspecified atom stereocenters. The first-order chi connectivity index (χ1) is 13.3. The van der Waals surface area contributed by atoms with Crippen LogP contribution in [0.3, 0.4) is 0 Å². The van der Waals surface area contributed by atoms with Crippen LogP contribution in [0.1, 0.15) is 23.6 Å². The molecule has 2 aromatic carbocycles. The summed E-state index contributed by atoms with van der Waals surface area (Å²) in [6.07, 6.45) is 4.53. The van der Waals surface area contributed by atoms with E-state index in [1.54, 1.807) is 0 Å². The normalized spacial score (nSPS) is 16.7. The largest absolute Gasteiger partial charge is 0.354 e. The van der Waals surface area contributed by atoms with E-state index in [1.807, 2.05) is 24.5 Å². The number of nitrogens with zero attached hydrogens (tertiary/aromatic N) is 3. The molecule has 1 aliphatic heterocycles. The van der Waals surface area contributed by atoms with E-state index in [1.165, 1.54) is 22.2 Å². The zero-order valence-corrected chi connectivity index (χ0v) is 15.1. The molecular weight excluding hydrogens is 332 g/mol. The van der Waals surface area contributed by atoms with E-state index in [0.29, 0.717) is 0 Å². The third-order valence-electron chi connectivity index (χ3n) is 5.27. The quantitative estimate of drug-likeness (QED) is 0.563. The van der Waals surface area contributed by atoms with Crippen LogP contribution in [0.25, 0.3) is 22.2 Å². The number of nitrogens with one attached hydrogen (secondary N) is 1. The van der Waals surface area contributed by atoms with Gasteiger partial charge in [0.25, 0.3) is 0 Å². The Kier molecular flexibility index (Phi) is 3.75. The number of aromatic amines is 1. The first-order valence-electron chi connectivity index (χ1n) is 9.18. The van der Waals surface area contributed by atoms with Crippen LogP contribution in [0.2, 0.25) is 0 Å². The summed E-state index contributed by atoms with van der Waals surface area (Å²) in [4.78, 5) is 7.77. The Morgan fingerprint density at radius 3 is 2.44 bits per heavy atom. The van der Waals surface area contributed by atoms with Crippen molar-refractivity contribution in [2.45, 2.75) is 12.5 Å². The Morgan fingerprint density at radius 1 is 0.889 bits per heavy atom. The van der Waals surface area contributed by atoms with Gasteiger partial charge < -0.3 is 4.98 Å². The summed E-state index contributed by atoms with van der Waals surface area (Å²) in [6.45, 7) is 0. The van der Waals surface area contributed by atoms with Gasteiger partial charge in [-0.1, -0.05) is 48.5 Å². The number of hydrogen-bond acceptors (Lipinski definition) is 3. The predicted molar refractivity (Wildman–Crippen MR) is 110 cm³/mol. The summed E-state index contributed by atoms with van der Waals surface area (Å²) in [5, 5.41) is 8.20. The second-order valence-corrected chi connectivity index (χ2v) is 6.90. The van der Waals surface area contributed by atoms with Gasteiger partial charge in [-0.15, -0.1) is 0 Å². The first-order valence-corrected chi connectivity index (χ1v) is 9.18. The van der Waals surface area contributed by atoms with Crippen LogP contribution < -0.4 is 0 Å². The number of benzene rings is 2. The molecule has 2 aromatic heterocycles. The maximum absolute atomic E-state index is 4.85. The summed E-state index contributed by atoms with van der Waals surface area (Å²) in [6, 6.07) is 23.3. The minimum atomic E-state index is 0.194. The highest BCUT2D eigenvalue weighted by molar-refractivity contribution is 6.02. The first kappa shape index (κ1) is 15.8. The average Bonchev–Trinajstić information content (AvgIpc) is 3.29.